The summed E-state index contributed by atoms with van der Waals surface area (Å²) >= 11 is 0. The Balaban J connectivity index is 1.64. The van der Waals surface area contributed by atoms with Crippen molar-refractivity contribution >= 4 is 11.6 Å². The first-order valence-electron chi connectivity index (χ1n) is 10.1. The first-order valence-corrected chi connectivity index (χ1v) is 10.1. The third-order valence-electron chi connectivity index (χ3n) is 4.69. The summed E-state index contributed by atoms with van der Waals surface area (Å²) in [4.78, 5) is 8.98. The Bertz CT molecular complexity index is 1190. The highest BCUT2D eigenvalue weighted by Gasteiger charge is 2.15. The molecule has 0 radical (unpaired) electrons. The second-order valence-electron chi connectivity index (χ2n) is 7.48. The molecule has 2 heterocycles. The second kappa shape index (κ2) is 8.51. The number of aryl methyl sites for hydroxylation is 2. The van der Waals surface area contributed by atoms with E-state index in [1.807, 2.05) is 81.0 Å². The third-order valence-corrected chi connectivity index (χ3v) is 4.69. The molecule has 4 aromatic rings. The van der Waals surface area contributed by atoms with Crippen LogP contribution >= 0.6 is 0 Å². The van der Waals surface area contributed by atoms with Crippen LogP contribution in [0.2, 0.25) is 0 Å². The van der Waals surface area contributed by atoms with Crippen molar-refractivity contribution < 1.29 is 9.47 Å². The summed E-state index contributed by atoms with van der Waals surface area (Å²) in [6, 6.07) is 13.7. The van der Waals surface area contributed by atoms with Gasteiger partial charge in [0.05, 0.1) is 36.6 Å². The number of imidazole rings is 1. The van der Waals surface area contributed by atoms with E-state index < -0.39 is 0 Å². The zero-order valence-electron chi connectivity index (χ0n) is 18.3. The second-order valence-corrected chi connectivity index (χ2v) is 7.48. The molecule has 4 rings (SSSR count). The number of benzene rings is 2. The summed E-state index contributed by atoms with van der Waals surface area (Å²) in [6.07, 6.45) is 3.79. The van der Waals surface area contributed by atoms with E-state index in [9.17, 15) is 0 Å². The molecule has 8 nitrogen and oxygen atoms in total. The lowest BCUT2D eigenvalue weighted by molar-refractivity contribution is 0.244. The van der Waals surface area contributed by atoms with Crippen LogP contribution in [0.25, 0.3) is 17.1 Å². The molecule has 31 heavy (non-hydrogen) atoms. The fraction of sp³-hybridized carbons (Fsp3) is 0.261. The lowest BCUT2D eigenvalue weighted by atomic mass is 10.1. The average molecular weight is 419 g/mol. The Hall–Kier alpha value is -3.81. The molecule has 0 bridgehead atoms. The number of methoxy groups -OCH3 is 1. The Morgan fingerprint density at radius 1 is 1.06 bits per heavy atom. The molecule has 2 aromatic carbocycles. The van der Waals surface area contributed by atoms with E-state index in [1.54, 1.807) is 18.1 Å². The van der Waals surface area contributed by atoms with E-state index in [1.165, 1.54) is 0 Å². The van der Waals surface area contributed by atoms with E-state index in [0.717, 1.165) is 28.4 Å². The van der Waals surface area contributed by atoms with Gasteiger partial charge in [-0.15, -0.1) is 5.10 Å². The van der Waals surface area contributed by atoms with Gasteiger partial charge in [-0.05, 0) is 51.1 Å². The van der Waals surface area contributed by atoms with Crippen LogP contribution in [0.1, 0.15) is 19.5 Å². The number of aromatic nitrogens is 5. The first kappa shape index (κ1) is 20.5. The Morgan fingerprint density at radius 3 is 2.58 bits per heavy atom. The smallest absolute Gasteiger partial charge is 0.226 e. The van der Waals surface area contributed by atoms with Gasteiger partial charge in [0.2, 0.25) is 5.95 Å². The minimum absolute atomic E-state index is 0.0725. The lowest BCUT2D eigenvalue weighted by Crippen LogP contribution is -2.08. The Labute approximate surface area is 181 Å². The molecule has 0 atom stereocenters. The fourth-order valence-corrected chi connectivity index (χ4v) is 3.25. The van der Waals surface area contributed by atoms with Crippen molar-refractivity contribution in [2.75, 3.05) is 12.4 Å². The van der Waals surface area contributed by atoms with Crippen LogP contribution in [0.5, 0.6) is 11.5 Å². The van der Waals surface area contributed by atoms with Crippen LogP contribution in [0.4, 0.5) is 11.6 Å². The minimum atomic E-state index is 0.0725. The lowest BCUT2D eigenvalue weighted by Gasteiger charge is -2.14. The zero-order chi connectivity index (χ0) is 22.0. The van der Waals surface area contributed by atoms with E-state index in [2.05, 4.69) is 20.4 Å². The highest BCUT2D eigenvalue weighted by Crippen LogP contribution is 2.31. The van der Waals surface area contributed by atoms with Crippen LogP contribution in [-0.2, 0) is 7.05 Å². The topological polar surface area (TPSA) is 79.0 Å². The first-order chi connectivity index (χ1) is 14.9. The quantitative estimate of drug-likeness (QED) is 0.476. The number of hydrogen-bond donors (Lipinski definition) is 1. The monoisotopic (exact) mass is 418 g/mol. The molecular formula is C23H26N6O2. The summed E-state index contributed by atoms with van der Waals surface area (Å²) in [5.41, 5.74) is 3.53. The van der Waals surface area contributed by atoms with Crippen molar-refractivity contribution in [2.45, 2.75) is 26.9 Å². The SMILES string of the molecule is COc1cc(-c2nc(Nc3ccccc3OC(C)C)n(C)n2)ccc1-n1cnc(C)c1. The minimum Gasteiger partial charge on any atom is -0.495 e. The van der Waals surface area contributed by atoms with Gasteiger partial charge >= 0.3 is 0 Å². The Morgan fingerprint density at radius 2 is 1.87 bits per heavy atom. The molecule has 0 saturated heterocycles. The van der Waals surface area contributed by atoms with Gasteiger partial charge in [0.15, 0.2) is 5.82 Å². The van der Waals surface area contributed by atoms with Gasteiger partial charge in [0, 0.05) is 18.8 Å². The number of para-hydroxylation sites is 2. The van der Waals surface area contributed by atoms with Gasteiger partial charge < -0.3 is 19.4 Å². The predicted molar refractivity (Wildman–Crippen MR) is 120 cm³/mol. The highest BCUT2D eigenvalue weighted by atomic mass is 16.5. The average Bonchev–Trinajstić information content (AvgIpc) is 3.34. The molecule has 0 spiro atoms. The number of nitrogens with zero attached hydrogens (tertiary/aromatic N) is 5. The standard InChI is InChI=1S/C23H26N6O2/c1-15(2)31-20-9-7-6-8-18(20)25-23-26-22(27-28(23)4)17-10-11-19(21(12-17)30-5)29-13-16(3)24-14-29/h6-15H,1-5H3,(H,25,26,27). The summed E-state index contributed by atoms with van der Waals surface area (Å²) in [6.45, 7) is 5.95. The summed E-state index contributed by atoms with van der Waals surface area (Å²) < 4.78 is 15.1. The maximum atomic E-state index is 5.89. The van der Waals surface area contributed by atoms with Crippen molar-refractivity contribution in [3.05, 3.63) is 60.7 Å². The van der Waals surface area contributed by atoms with Crippen molar-refractivity contribution in [1.82, 2.24) is 24.3 Å². The molecule has 0 aliphatic carbocycles. The van der Waals surface area contributed by atoms with Crippen molar-refractivity contribution in [1.29, 1.82) is 0 Å². The molecule has 0 aliphatic rings. The van der Waals surface area contributed by atoms with Gasteiger partial charge in [-0.3, -0.25) is 0 Å². The summed E-state index contributed by atoms with van der Waals surface area (Å²) in [7, 11) is 3.50. The van der Waals surface area contributed by atoms with Crippen LogP contribution < -0.4 is 14.8 Å². The van der Waals surface area contributed by atoms with Gasteiger partial charge in [-0.2, -0.15) is 4.98 Å². The molecule has 0 amide bonds. The molecule has 160 valence electrons. The van der Waals surface area contributed by atoms with Gasteiger partial charge in [0.25, 0.3) is 0 Å². The van der Waals surface area contributed by atoms with Crippen LogP contribution in [0, 0.1) is 6.92 Å². The van der Waals surface area contributed by atoms with E-state index in [4.69, 9.17) is 9.47 Å². The number of rotatable bonds is 7. The van der Waals surface area contributed by atoms with Crippen LogP contribution in [-0.4, -0.2) is 37.5 Å². The largest absolute Gasteiger partial charge is 0.495 e. The third kappa shape index (κ3) is 4.37. The number of nitrogens with one attached hydrogen (secondary N) is 1. The Kier molecular flexibility index (Phi) is 5.62. The van der Waals surface area contributed by atoms with Crippen molar-refractivity contribution in [3.63, 3.8) is 0 Å². The zero-order valence-corrected chi connectivity index (χ0v) is 18.3. The molecule has 0 fully saturated rings. The van der Waals surface area contributed by atoms with E-state index >= 15 is 0 Å². The summed E-state index contributed by atoms with van der Waals surface area (Å²) in [5, 5.41) is 7.90. The van der Waals surface area contributed by atoms with Crippen LogP contribution in [0.3, 0.4) is 0 Å². The number of hydrogen-bond acceptors (Lipinski definition) is 6. The summed E-state index contributed by atoms with van der Waals surface area (Å²) in [5.74, 6) is 2.69. The fourth-order valence-electron chi connectivity index (χ4n) is 3.25. The molecule has 1 N–H and O–H groups in total. The van der Waals surface area contributed by atoms with Gasteiger partial charge in [0.1, 0.15) is 11.5 Å². The molecular weight excluding hydrogens is 392 g/mol. The van der Waals surface area contributed by atoms with Gasteiger partial charge in [-0.25, -0.2) is 9.67 Å². The maximum Gasteiger partial charge on any atom is 0.226 e. The predicted octanol–water partition coefficient (Wildman–Crippen LogP) is 4.52. The van der Waals surface area contributed by atoms with E-state index in [-0.39, 0.29) is 6.10 Å². The molecule has 8 heteroatoms. The number of ether oxygens (including phenoxy) is 2. The molecule has 0 unspecified atom stereocenters. The molecule has 0 aliphatic heterocycles. The molecule has 2 aromatic heterocycles. The van der Waals surface area contributed by atoms with E-state index in [0.29, 0.717) is 17.5 Å². The number of anilines is 2. The van der Waals surface area contributed by atoms with Crippen LogP contribution in [0.15, 0.2) is 55.0 Å². The molecule has 0 saturated carbocycles. The maximum absolute atomic E-state index is 5.89. The normalized spacial score (nSPS) is 11.0. The van der Waals surface area contributed by atoms with Gasteiger partial charge in [-0.1, -0.05) is 12.1 Å². The highest BCUT2D eigenvalue weighted by molar-refractivity contribution is 5.66. The van der Waals surface area contributed by atoms with Crippen molar-refractivity contribution in [2.24, 2.45) is 7.05 Å². The van der Waals surface area contributed by atoms with Crippen molar-refractivity contribution in [3.8, 4) is 28.6 Å².